The van der Waals surface area contributed by atoms with E-state index in [0.29, 0.717) is 5.25 Å². The van der Waals surface area contributed by atoms with Gasteiger partial charge in [-0.2, -0.15) is 17.0 Å². The summed E-state index contributed by atoms with van der Waals surface area (Å²) in [6.07, 6.45) is 2.12. The number of rotatable bonds is 5. The minimum Gasteiger partial charge on any atom is -0.312 e. The Morgan fingerprint density at radius 3 is 2.81 bits per heavy atom. The Hall–Kier alpha value is -0.980. The van der Waals surface area contributed by atoms with E-state index in [4.69, 9.17) is 5.26 Å². The topological polar surface area (TPSA) is 35.8 Å². The molecule has 1 rings (SSSR count). The third kappa shape index (κ3) is 3.88. The summed E-state index contributed by atoms with van der Waals surface area (Å²) in [6, 6.07) is 8.00. The van der Waals surface area contributed by atoms with E-state index in [2.05, 4.69) is 31.5 Å². The van der Waals surface area contributed by atoms with Gasteiger partial charge in [-0.25, -0.2) is 0 Å². The zero-order valence-corrected chi connectivity index (χ0v) is 10.9. The number of nitriles is 1. The summed E-state index contributed by atoms with van der Waals surface area (Å²) in [7, 11) is 0. The van der Waals surface area contributed by atoms with Crippen molar-refractivity contribution in [3.8, 4) is 6.07 Å². The molecule has 0 aliphatic heterocycles. The van der Waals surface area contributed by atoms with Crippen LogP contribution in [0.1, 0.15) is 23.6 Å². The number of hydrogen-bond donors (Lipinski definition) is 1. The molecule has 0 saturated heterocycles. The van der Waals surface area contributed by atoms with Crippen LogP contribution in [0.3, 0.4) is 0 Å². The molecule has 0 amide bonds. The fraction of sp³-hybridized carbons (Fsp3) is 0.462. The second kappa shape index (κ2) is 6.57. The van der Waals surface area contributed by atoms with Crippen LogP contribution in [-0.2, 0) is 6.54 Å². The van der Waals surface area contributed by atoms with Gasteiger partial charge in [0.25, 0.3) is 0 Å². The van der Waals surface area contributed by atoms with Gasteiger partial charge in [0.15, 0.2) is 0 Å². The van der Waals surface area contributed by atoms with Crippen molar-refractivity contribution in [1.82, 2.24) is 5.32 Å². The second-order valence-corrected chi connectivity index (χ2v) is 5.21. The van der Waals surface area contributed by atoms with Crippen LogP contribution >= 0.6 is 11.8 Å². The van der Waals surface area contributed by atoms with Crippen LogP contribution in [0.25, 0.3) is 0 Å². The van der Waals surface area contributed by atoms with E-state index in [1.165, 1.54) is 11.1 Å². The van der Waals surface area contributed by atoms with Gasteiger partial charge >= 0.3 is 0 Å². The Morgan fingerprint density at radius 2 is 2.25 bits per heavy atom. The molecule has 86 valence electrons. The Bertz CT molecular complexity index is 382. The van der Waals surface area contributed by atoms with Crippen molar-refractivity contribution < 1.29 is 0 Å². The summed E-state index contributed by atoms with van der Waals surface area (Å²) in [5, 5.41) is 12.8. The van der Waals surface area contributed by atoms with Gasteiger partial charge in [0.1, 0.15) is 0 Å². The highest BCUT2D eigenvalue weighted by Gasteiger charge is 2.01. The Morgan fingerprint density at radius 1 is 1.50 bits per heavy atom. The highest BCUT2D eigenvalue weighted by Crippen LogP contribution is 2.10. The molecule has 3 heteroatoms. The highest BCUT2D eigenvalue weighted by atomic mass is 32.2. The molecule has 0 fully saturated rings. The summed E-state index contributed by atoms with van der Waals surface area (Å²) >= 11 is 1.86. The predicted molar refractivity (Wildman–Crippen MR) is 70.6 cm³/mol. The first-order chi connectivity index (χ1) is 7.67. The first kappa shape index (κ1) is 13.1. The first-order valence-corrected chi connectivity index (χ1v) is 6.69. The number of nitrogens with zero attached hydrogens (tertiary/aromatic N) is 1. The van der Waals surface area contributed by atoms with E-state index in [-0.39, 0.29) is 0 Å². The maximum absolute atomic E-state index is 8.77. The van der Waals surface area contributed by atoms with Crippen LogP contribution in [0.2, 0.25) is 0 Å². The lowest BCUT2D eigenvalue weighted by molar-refractivity contribution is 0.682. The van der Waals surface area contributed by atoms with E-state index in [1.54, 1.807) is 0 Å². The average molecular weight is 234 g/mol. The van der Waals surface area contributed by atoms with Gasteiger partial charge in [-0.1, -0.05) is 13.0 Å². The van der Waals surface area contributed by atoms with Crippen molar-refractivity contribution in [1.29, 1.82) is 5.26 Å². The average Bonchev–Trinajstić information content (AvgIpc) is 2.30. The van der Waals surface area contributed by atoms with E-state index < -0.39 is 0 Å². The van der Waals surface area contributed by atoms with Crippen molar-refractivity contribution in [3.63, 3.8) is 0 Å². The molecule has 1 aromatic carbocycles. The van der Waals surface area contributed by atoms with Crippen LogP contribution in [0.15, 0.2) is 18.2 Å². The fourth-order valence-electron chi connectivity index (χ4n) is 1.46. The molecular formula is C13H18N2S. The largest absolute Gasteiger partial charge is 0.312 e. The van der Waals surface area contributed by atoms with Crippen molar-refractivity contribution in [2.75, 3.05) is 12.8 Å². The van der Waals surface area contributed by atoms with Crippen LogP contribution in [-0.4, -0.2) is 18.1 Å². The SMILES string of the molecule is CSC(C)CNCc1ccc(C#N)cc1C. The third-order valence-corrected chi connectivity index (χ3v) is 3.59. The van der Waals surface area contributed by atoms with Gasteiger partial charge < -0.3 is 5.32 Å². The van der Waals surface area contributed by atoms with Crippen LogP contribution in [0.5, 0.6) is 0 Å². The summed E-state index contributed by atoms with van der Waals surface area (Å²) in [5.74, 6) is 0. The molecule has 0 radical (unpaired) electrons. The van der Waals surface area contributed by atoms with Crippen LogP contribution in [0.4, 0.5) is 0 Å². The molecule has 0 aliphatic carbocycles. The van der Waals surface area contributed by atoms with Gasteiger partial charge in [-0.15, -0.1) is 0 Å². The minimum atomic E-state index is 0.638. The van der Waals surface area contributed by atoms with Crippen molar-refractivity contribution in [2.24, 2.45) is 0 Å². The normalized spacial score (nSPS) is 12.1. The van der Waals surface area contributed by atoms with Gasteiger partial charge in [0.05, 0.1) is 11.6 Å². The van der Waals surface area contributed by atoms with Gasteiger partial charge in [0.2, 0.25) is 0 Å². The maximum Gasteiger partial charge on any atom is 0.0991 e. The lowest BCUT2D eigenvalue weighted by Gasteiger charge is -2.11. The van der Waals surface area contributed by atoms with Crippen LogP contribution in [0, 0.1) is 18.3 Å². The molecule has 0 spiro atoms. The molecule has 0 saturated carbocycles. The molecular weight excluding hydrogens is 216 g/mol. The Labute approximate surface area is 102 Å². The quantitative estimate of drug-likeness (QED) is 0.851. The van der Waals surface area contributed by atoms with E-state index in [0.717, 1.165) is 18.7 Å². The fourth-order valence-corrected chi connectivity index (χ4v) is 1.74. The molecule has 1 aromatic rings. The summed E-state index contributed by atoms with van der Waals surface area (Å²) in [5.41, 5.74) is 3.19. The van der Waals surface area contributed by atoms with E-state index in [9.17, 15) is 0 Å². The number of nitrogens with one attached hydrogen (secondary N) is 1. The van der Waals surface area contributed by atoms with Crippen molar-refractivity contribution in [2.45, 2.75) is 25.6 Å². The smallest absolute Gasteiger partial charge is 0.0991 e. The summed E-state index contributed by atoms with van der Waals surface area (Å²) in [4.78, 5) is 0. The van der Waals surface area contributed by atoms with Crippen molar-refractivity contribution >= 4 is 11.8 Å². The second-order valence-electron chi connectivity index (χ2n) is 3.93. The van der Waals surface area contributed by atoms with Gasteiger partial charge in [-0.05, 0) is 36.4 Å². The third-order valence-electron chi connectivity index (χ3n) is 2.62. The molecule has 1 N–H and O–H groups in total. The monoisotopic (exact) mass is 234 g/mol. The van der Waals surface area contributed by atoms with Crippen molar-refractivity contribution in [3.05, 3.63) is 34.9 Å². The predicted octanol–water partition coefficient (Wildman–Crippen LogP) is 2.71. The summed E-state index contributed by atoms with van der Waals surface area (Å²) < 4.78 is 0. The maximum atomic E-state index is 8.77. The molecule has 16 heavy (non-hydrogen) atoms. The number of benzene rings is 1. The molecule has 1 unspecified atom stereocenters. The van der Waals surface area contributed by atoms with Crippen LogP contribution < -0.4 is 5.32 Å². The standard InChI is InChI=1S/C13H18N2S/c1-10-6-12(7-14)4-5-13(10)9-15-8-11(2)16-3/h4-6,11,15H,8-9H2,1-3H3. The molecule has 1 atom stereocenters. The lowest BCUT2D eigenvalue weighted by Crippen LogP contribution is -2.22. The van der Waals surface area contributed by atoms with Gasteiger partial charge in [-0.3, -0.25) is 0 Å². The highest BCUT2D eigenvalue weighted by molar-refractivity contribution is 7.99. The zero-order chi connectivity index (χ0) is 12.0. The number of thioether (sulfide) groups is 1. The molecule has 0 heterocycles. The zero-order valence-electron chi connectivity index (χ0n) is 10.1. The number of hydrogen-bond acceptors (Lipinski definition) is 3. The minimum absolute atomic E-state index is 0.638. The molecule has 0 bridgehead atoms. The lowest BCUT2D eigenvalue weighted by atomic mass is 10.1. The van der Waals surface area contributed by atoms with E-state index in [1.807, 2.05) is 30.0 Å². The van der Waals surface area contributed by atoms with Gasteiger partial charge in [0, 0.05) is 18.3 Å². The molecule has 0 aliphatic rings. The number of aryl methyl sites for hydroxylation is 1. The first-order valence-electron chi connectivity index (χ1n) is 5.40. The Kier molecular flexibility index (Phi) is 5.37. The van der Waals surface area contributed by atoms with E-state index >= 15 is 0 Å². The summed E-state index contributed by atoms with van der Waals surface area (Å²) in [6.45, 7) is 6.15. The molecule has 0 aromatic heterocycles. The molecule has 2 nitrogen and oxygen atoms in total. The Balaban J connectivity index is 2.52.